The minimum Gasteiger partial charge on any atom is -0.365 e. The lowest BCUT2D eigenvalue weighted by atomic mass is 9.90. The van der Waals surface area contributed by atoms with Crippen molar-refractivity contribution >= 4 is 5.91 Å². The lowest BCUT2D eigenvalue weighted by Gasteiger charge is -2.30. The van der Waals surface area contributed by atoms with E-state index in [0.29, 0.717) is 6.54 Å². The molecular formula is C26H29N2O2+. The summed E-state index contributed by atoms with van der Waals surface area (Å²) in [5.74, 6) is -0.296. The predicted molar refractivity (Wildman–Crippen MR) is 118 cm³/mol. The average molecular weight is 402 g/mol. The summed E-state index contributed by atoms with van der Waals surface area (Å²) in [6.45, 7) is 4.15. The number of hydrogen-bond donors (Lipinski definition) is 2. The molecule has 0 radical (unpaired) electrons. The Balaban J connectivity index is 1.38. The van der Waals surface area contributed by atoms with Gasteiger partial charge in [0.15, 0.2) is 0 Å². The number of hydrogen-bond acceptors (Lipinski definition) is 2. The Morgan fingerprint density at radius 3 is 2.07 bits per heavy atom. The minimum absolute atomic E-state index is 0.0196. The van der Waals surface area contributed by atoms with Gasteiger partial charge in [-0.25, -0.2) is 0 Å². The maximum atomic E-state index is 13.2. The SMILES string of the molecule is O=C(NC[C@H]1C[NH+](Cc2ccccc2)CCO1)C(c1ccccc1)c1ccccc1. The summed E-state index contributed by atoms with van der Waals surface area (Å²) in [7, 11) is 0. The summed E-state index contributed by atoms with van der Waals surface area (Å²) in [4.78, 5) is 14.7. The Morgan fingerprint density at radius 2 is 1.47 bits per heavy atom. The Kier molecular flexibility index (Phi) is 6.91. The smallest absolute Gasteiger partial charge is 0.232 e. The van der Waals surface area contributed by atoms with Gasteiger partial charge in [-0.2, -0.15) is 0 Å². The zero-order valence-electron chi connectivity index (χ0n) is 17.2. The van der Waals surface area contributed by atoms with Crippen LogP contribution in [0.4, 0.5) is 0 Å². The van der Waals surface area contributed by atoms with Gasteiger partial charge in [0.1, 0.15) is 25.7 Å². The monoisotopic (exact) mass is 401 g/mol. The molecule has 1 heterocycles. The molecule has 1 aliphatic rings. The molecule has 1 saturated heterocycles. The molecule has 30 heavy (non-hydrogen) atoms. The predicted octanol–water partition coefficient (Wildman–Crippen LogP) is 2.42. The molecule has 154 valence electrons. The summed E-state index contributed by atoms with van der Waals surface area (Å²) in [6, 6.07) is 30.5. The Labute approximate surface area is 178 Å². The Hall–Kier alpha value is -2.95. The third-order valence-corrected chi connectivity index (χ3v) is 5.65. The molecule has 3 aromatic carbocycles. The first kappa shape index (κ1) is 20.3. The van der Waals surface area contributed by atoms with Gasteiger partial charge < -0.3 is 15.0 Å². The van der Waals surface area contributed by atoms with E-state index in [1.165, 1.54) is 10.5 Å². The van der Waals surface area contributed by atoms with E-state index in [0.717, 1.165) is 37.4 Å². The number of rotatable bonds is 7. The van der Waals surface area contributed by atoms with Crippen LogP contribution >= 0.6 is 0 Å². The minimum atomic E-state index is -0.316. The second-order valence-electron chi connectivity index (χ2n) is 7.86. The van der Waals surface area contributed by atoms with Crippen LogP contribution < -0.4 is 10.2 Å². The van der Waals surface area contributed by atoms with E-state index in [4.69, 9.17) is 4.74 Å². The first-order valence-electron chi connectivity index (χ1n) is 10.7. The molecule has 4 rings (SSSR count). The van der Waals surface area contributed by atoms with Gasteiger partial charge >= 0.3 is 0 Å². The molecule has 1 fully saturated rings. The molecule has 0 aliphatic carbocycles. The number of amides is 1. The number of nitrogens with one attached hydrogen (secondary N) is 2. The maximum absolute atomic E-state index is 13.2. The summed E-state index contributed by atoms with van der Waals surface area (Å²) in [5.41, 5.74) is 3.34. The molecule has 1 unspecified atom stereocenters. The van der Waals surface area contributed by atoms with E-state index in [1.807, 2.05) is 66.7 Å². The third-order valence-electron chi connectivity index (χ3n) is 5.65. The highest BCUT2D eigenvalue weighted by molar-refractivity contribution is 5.87. The van der Waals surface area contributed by atoms with Crippen molar-refractivity contribution in [3.8, 4) is 0 Å². The summed E-state index contributed by atoms with van der Waals surface area (Å²) in [5, 5.41) is 3.16. The highest BCUT2D eigenvalue weighted by atomic mass is 16.5. The van der Waals surface area contributed by atoms with Crippen molar-refractivity contribution in [2.45, 2.75) is 18.6 Å². The van der Waals surface area contributed by atoms with Gasteiger partial charge in [0, 0.05) is 12.1 Å². The highest BCUT2D eigenvalue weighted by Crippen LogP contribution is 2.24. The topological polar surface area (TPSA) is 42.8 Å². The van der Waals surface area contributed by atoms with Gasteiger partial charge in [-0.15, -0.1) is 0 Å². The van der Waals surface area contributed by atoms with Gasteiger partial charge in [0.05, 0.1) is 12.5 Å². The molecular weight excluding hydrogens is 372 g/mol. The van der Waals surface area contributed by atoms with Crippen LogP contribution in [0.15, 0.2) is 91.0 Å². The molecule has 0 spiro atoms. The van der Waals surface area contributed by atoms with Crippen LogP contribution in [0.2, 0.25) is 0 Å². The number of ether oxygens (including phenoxy) is 1. The van der Waals surface area contributed by atoms with Gasteiger partial charge in [-0.3, -0.25) is 4.79 Å². The number of quaternary nitrogens is 1. The summed E-state index contributed by atoms with van der Waals surface area (Å²) >= 11 is 0. The Morgan fingerprint density at radius 1 is 0.900 bits per heavy atom. The second-order valence-corrected chi connectivity index (χ2v) is 7.86. The van der Waals surface area contributed by atoms with Crippen LogP contribution in [-0.4, -0.2) is 38.3 Å². The van der Waals surface area contributed by atoms with Gasteiger partial charge in [-0.05, 0) is 11.1 Å². The zero-order chi connectivity index (χ0) is 20.6. The molecule has 2 atom stereocenters. The molecule has 0 bridgehead atoms. The van der Waals surface area contributed by atoms with Crippen molar-refractivity contribution in [3.05, 3.63) is 108 Å². The van der Waals surface area contributed by atoms with Crippen LogP contribution in [-0.2, 0) is 16.1 Å². The molecule has 4 nitrogen and oxygen atoms in total. The first-order valence-corrected chi connectivity index (χ1v) is 10.7. The molecule has 0 aromatic heterocycles. The van der Waals surface area contributed by atoms with Crippen LogP contribution in [0.5, 0.6) is 0 Å². The quantitative estimate of drug-likeness (QED) is 0.639. The fourth-order valence-electron chi connectivity index (χ4n) is 4.13. The van der Waals surface area contributed by atoms with Crippen molar-refractivity contribution in [3.63, 3.8) is 0 Å². The van der Waals surface area contributed by atoms with E-state index >= 15 is 0 Å². The van der Waals surface area contributed by atoms with Gasteiger partial charge in [0.25, 0.3) is 0 Å². The third kappa shape index (κ3) is 5.35. The normalized spacial score (nSPS) is 18.8. The van der Waals surface area contributed by atoms with E-state index in [-0.39, 0.29) is 17.9 Å². The molecule has 4 heteroatoms. The second kappa shape index (κ2) is 10.2. The molecule has 1 aliphatic heterocycles. The molecule has 0 saturated carbocycles. The van der Waals surface area contributed by atoms with Crippen molar-refractivity contribution in [1.29, 1.82) is 0 Å². The van der Waals surface area contributed by atoms with E-state index in [9.17, 15) is 4.79 Å². The zero-order valence-corrected chi connectivity index (χ0v) is 17.2. The number of morpholine rings is 1. The van der Waals surface area contributed by atoms with Crippen molar-refractivity contribution in [1.82, 2.24) is 5.32 Å². The lowest BCUT2D eigenvalue weighted by Crippen LogP contribution is -3.13. The van der Waals surface area contributed by atoms with Crippen LogP contribution in [0.25, 0.3) is 0 Å². The standard InChI is InChI=1S/C26H28N2O2/c29-26(25(22-12-6-2-7-13-22)23-14-8-3-9-15-23)27-18-24-20-28(16-17-30-24)19-21-10-4-1-5-11-21/h1-15,24-25H,16-20H2,(H,27,29)/p+1/t24-/m0/s1. The largest absolute Gasteiger partial charge is 0.365 e. The highest BCUT2D eigenvalue weighted by Gasteiger charge is 2.27. The van der Waals surface area contributed by atoms with E-state index < -0.39 is 0 Å². The summed E-state index contributed by atoms with van der Waals surface area (Å²) in [6.07, 6.45) is 0.0357. The average Bonchev–Trinajstić information content (AvgIpc) is 2.80. The fraction of sp³-hybridized carbons (Fsp3) is 0.269. The maximum Gasteiger partial charge on any atom is 0.232 e. The van der Waals surface area contributed by atoms with E-state index in [2.05, 4.69) is 29.6 Å². The number of carbonyl (C=O) groups is 1. The van der Waals surface area contributed by atoms with Crippen LogP contribution in [0, 0.1) is 0 Å². The van der Waals surface area contributed by atoms with Gasteiger partial charge in [-0.1, -0.05) is 91.0 Å². The summed E-state index contributed by atoms with van der Waals surface area (Å²) < 4.78 is 5.95. The van der Waals surface area contributed by atoms with Crippen molar-refractivity contribution in [2.24, 2.45) is 0 Å². The number of carbonyl (C=O) groups excluding carboxylic acids is 1. The van der Waals surface area contributed by atoms with Crippen molar-refractivity contribution in [2.75, 3.05) is 26.2 Å². The van der Waals surface area contributed by atoms with E-state index in [1.54, 1.807) is 0 Å². The number of benzene rings is 3. The Bertz CT molecular complexity index is 876. The lowest BCUT2D eigenvalue weighted by molar-refractivity contribution is -0.925. The van der Waals surface area contributed by atoms with Crippen molar-refractivity contribution < 1.29 is 14.4 Å². The molecule has 3 aromatic rings. The van der Waals surface area contributed by atoms with Crippen LogP contribution in [0.1, 0.15) is 22.6 Å². The van der Waals surface area contributed by atoms with Gasteiger partial charge in [0.2, 0.25) is 5.91 Å². The van der Waals surface area contributed by atoms with Crippen LogP contribution in [0.3, 0.4) is 0 Å². The first-order chi connectivity index (χ1) is 14.8. The molecule has 2 N–H and O–H groups in total. The molecule has 1 amide bonds. The fourth-order valence-corrected chi connectivity index (χ4v) is 4.13.